The molecule has 0 radical (unpaired) electrons. The molecule has 0 saturated carbocycles. The molecule has 0 bridgehead atoms. The first kappa shape index (κ1) is 23.2. The maximum Gasteiger partial charge on any atom is 0.336 e. The molecule has 2 heterocycles. The van der Waals surface area contributed by atoms with Crippen molar-refractivity contribution < 1.29 is 15.0 Å². The number of rotatable bonds is 8. The van der Waals surface area contributed by atoms with Crippen LogP contribution in [0, 0.1) is 0 Å². The summed E-state index contributed by atoms with van der Waals surface area (Å²) in [5, 5.41) is 20.9. The lowest BCUT2D eigenvalue weighted by molar-refractivity contribution is 0.0697. The Labute approximate surface area is 201 Å². The van der Waals surface area contributed by atoms with Crippen LogP contribution in [-0.4, -0.2) is 30.7 Å². The second-order valence-corrected chi connectivity index (χ2v) is 8.57. The zero-order chi connectivity index (χ0) is 23.5. The number of hydrogen-bond acceptors (Lipinski definition) is 4. The van der Waals surface area contributed by atoms with Gasteiger partial charge in [-0.2, -0.15) is 0 Å². The van der Waals surface area contributed by atoms with Crippen LogP contribution in [0.15, 0.2) is 48.5 Å². The number of aromatic nitrogens is 3. The standard InChI is InChI=1S/C25H23Cl2N3O3/c1-2-3-8-23-29-24(27)22(14-31)30(23)13-15-9-10-20-18(11-15)19(26)12-21(28-20)16-6-4-5-7-17(16)25(32)33/h4-7,9-12,31H,2-3,8,13-14H2,1H3,(H,32,33). The van der Waals surface area contributed by atoms with Crippen LogP contribution in [0.1, 0.15) is 47.2 Å². The van der Waals surface area contributed by atoms with Gasteiger partial charge in [-0.25, -0.2) is 14.8 Å². The molecule has 0 spiro atoms. The van der Waals surface area contributed by atoms with Gasteiger partial charge in [-0.3, -0.25) is 0 Å². The number of fused-ring (bicyclic) bond motifs is 1. The van der Waals surface area contributed by atoms with E-state index in [-0.39, 0.29) is 12.2 Å². The van der Waals surface area contributed by atoms with Crippen molar-refractivity contribution in [2.24, 2.45) is 0 Å². The Hall–Kier alpha value is -2.93. The molecule has 0 aliphatic carbocycles. The number of carboxylic acid groups (broad SMARTS) is 1. The fraction of sp³-hybridized carbons (Fsp3) is 0.240. The number of nitrogens with zero attached hydrogens (tertiary/aromatic N) is 3. The van der Waals surface area contributed by atoms with Crippen molar-refractivity contribution in [3.8, 4) is 11.3 Å². The van der Waals surface area contributed by atoms with Crippen LogP contribution in [0.25, 0.3) is 22.2 Å². The third kappa shape index (κ3) is 4.74. The fourth-order valence-corrected chi connectivity index (χ4v) is 4.43. The number of aliphatic hydroxyl groups is 1. The number of aryl methyl sites for hydroxylation is 1. The van der Waals surface area contributed by atoms with Gasteiger partial charge in [0, 0.05) is 23.9 Å². The number of imidazole rings is 1. The van der Waals surface area contributed by atoms with Gasteiger partial charge in [-0.1, -0.05) is 60.8 Å². The van der Waals surface area contributed by atoms with Gasteiger partial charge >= 0.3 is 5.97 Å². The van der Waals surface area contributed by atoms with E-state index in [1.54, 1.807) is 30.3 Å². The largest absolute Gasteiger partial charge is 0.478 e. The molecule has 2 N–H and O–H groups in total. The van der Waals surface area contributed by atoms with E-state index in [0.29, 0.717) is 39.2 Å². The second kappa shape index (κ2) is 9.91. The molecule has 0 aliphatic rings. The summed E-state index contributed by atoms with van der Waals surface area (Å²) in [6.45, 7) is 2.41. The van der Waals surface area contributed by atoms with Crippen LogP contribution in [-0.2, 0) is 19.6 Å². The number of aromatic carboxylic acids is 1. The Kier molecular flexibility index (Phi) is 6.98. The minimum atomic E-state index is -1.02. The summed E-state index contributed by atoms with van der Waals surface area (Å²) in [6.07, 6.45) is 2.79. The molecule has 2 aromatic heterocycles. The summed E-state index contributed by atoms with van der Waals surface area (Å²) in [4.78, 5) is 20.7. The Bertz CT molecular complexity index is 1330. The van der Waals surface area contributed by atoms with E-state index in [1.807, 2.05) is 22.8 Å². The zero-order valence-corrected chi connectivity index (χ0v) is 19.6. The van der Waals surface area contributed by atoms with Crippen LogP contribution in [0.2, 0.25) is 10.2 Å². The van der Waals surface area contributed by atoms with E-state index in [1.165, 1.54) is 0 Å². The molecule has 33 heavy (non-hydrogen) atoms. The molecular weight excluding hydrogens is 461 g/mol. The maximum atomic E-state index is 11.6. The average Bonchev–Trinajstić information content (AvgIpc) is 3.11. The Morgan fingerprint density at radius 2 is 1.88 bits per heavy atom. The minimum Gasteiger partial charge on any atom is -0.478 e. The van der Waals surface area contributed by atoms with Crippen LogP contribution in [0.5, 0.6) is 0 Å². The van der Waals surface area contributed by atoms with Gasteiger partial charge in [0.25, 0.3) is 0 Å². The van der Waals surface area contributed by atoms with Gasteiger partial charge in [0.1, 0.15) is 5.82 Å². The van der Waals surface area contributed by atoms with Gasteiger partial charge in [0.2, 0.25) is 0 Å². The highest BCUT2D eigenvalue weighted by Gasteiger charge is 2.17. The highest BCUT2D eigenvalue weighted by Crippen LogP contribution is 2.31. The first-order valence-corrected chi connectivity index (χ1v) is 11.4. The number of carbonyl (C=O) groups is 1. The Morgan fingerprint density at radius 3 is 2.61 bits per heavy atom. The van der Waals surface area contributed by atoms with Crippen molar-refractivity contribution in [2.45, 2.75) is 39.3 Å². The molecule has 6 nitrogen and oxygen atoms in total. The molecule has 0 amide bonds. The van der Waals surface area contributed by atoms with Crippen LogP contribution >= 0.6 is 23.2 Å². The lowest BCUT2D eigenvalue weighted by Gasteiger charge is -2.13. The molecule has 170 valence electrons. The Balaban J connectivity index is 1.73. The SMILES string of the molecule is CCCCc1nc(Cl)c(CO)n1Cc1ccc2nc(-c3ccccc3C(=O)O)cc(Cl)c2c1. The maximum absolute atomic E-state index is 11.6. The first-order chi connectivity index (χ1) is 15.9. The minimum absolute atomic E-state index is 0.171. The first-order valence-electron chi connectivity index (χ1n) is 10.7. The molecule has 0 unspecified atom stereocenters. The van der Waals surface area contributed by atoms with E-state index >= 15 is 0 Å². The number of pyridine rings is 1. The molecule has 0 saturated heterocycles. The summed E-state index contributed by atoms with van der Waals surface area (Å²) in [5.74, 6) is -0.174. The van der Waals surface area contributed by atoms with Crippen molar-refractivity contribution in [3.63, 3.8) is 0 Å². The highest BCUT2D eigenvalue weighted by molar-refractivity contribution is 6.35. The van der Waals surface area contributed by atoms with E-state index in [9.17, 15) is 15.0 Å². The summed E-state index contributed by atoms with van der Waals surface area (Å²) < 4.78 is 1.96. The van der Waals surface area contributed by atoms with Crippen LogP contribution < -0.4 is 0 Å². The van der Waals surface area contributed by atoms with Gasteiger partial charge < -0.3 is 14.8 Å². The number of unbranched alkanes of at least 4 members (excludes halogenated alkanes) is 1. The fourth-order valence-electron chi connectivity index (χ4n) is 3.91. The van der Waals surface area contributed by atoms with E-state index in [0.717, 1.165) is 36.0 Å². The zero-order valence-electron chi connectivity index (χ0n) is 18.1. The monoisotopic (exact) mass is 483 g/mol. The summed E-state index contributed by atoms with van der Waals surface area (Å²) in [5.41, 5.74) is 3.41. The summed E-state index contributed by atoms with van der Waals surface area (Å²) in [7, 11) is 0. The normalized spacial score (nSPS) is 11.3. The van der Waals surface area contributed by atoms with Gasteiger partial charge in [-0.15, -0.1) is 0 Å². The quantitative estimate of drug-likeness (QED) is 0.321. The molecule has 0 fully saturated rings. The number of aliphatic hydroxyl groups excluding tert-OH is 1. The third-order valence-electron chi connectivity index (χ3n) is 5.60. The average molecular weight is 484 g/mol. The van der Waals surface area contributed by atoms with Crippen molar-refractivity contribution in [1.29, 1.82) is 0 Å². The molecule has 0 aliphatic heterocycles. The number of hydrogen-bond donors (Lipinski definition) is 2. The molecule has 8 heteroatoms. The number of benzene rings is 2. The van der Waals surface area contributed by atoms with E-state index in [4.69, 9.17) is 23.2 Å². The topological polar surface area (TPSA) is 88.2 Å². The van der Waals surface area contributed by atoms with Crippen LogP contribution in [0.3, 0.4) is 0 Å². The van der Waals surface area contributed by atoms with Crippen molar-refractivity contribution >= 4 is 40.1 Å². The molecular formula is C25H23Cl2N3O3. The molecule has 4 rings (SSSR count). The molecule has 2 aromatic carbocycles. The van der Waals surface area contributed by atoms with Crippen molar-refractivity contribution in [3.05, 3.63) is 81.4 Å². The number of carboxylic acids is 1. The smallest absolute Gasteiger partial charge is 0.336 e. The van der Waals surface area contributed by atoms with Crippen LogP contribution in [0.4, 0.5) is 0 Å². The predicted molar refractivity (Wildman–Crippen MR) is 130 cm³/mol. The summed E-state index contributed by atoms with van der Waals surface area (Å²) >= 11 is 12.9. The van der Waals surface area contributed by atoms with E-state index < -0.39 is 5.97 Å². The van der Waals surface area contributed by atoms with Crippen molar-refractivity contribution in [1.82, 2.24) is 14.5 Å². The lowest BCUT2D eigenvalue weighted by Crippen LogP contribution is -2.09. The molecule has 0 atom stereocenters. The second-order valence-electron chi connectivity index (χ2n) is 7.80. The Morgan fingerprint density at radius 1 is 1.09 bits per heavy atom. The lowest BCUT2D eigenvalue weighted by atomic mass is 10.0. The van der Waals surface area contributed by atoms with E-state index in [2.05, 4.69) is 16.9 Å². The molecule has 4 aromatic rings. The highest BCUT2D eigenvalue weighted by atomic mass is 35.5. The van der Waals surface area contributed by atoms with Gasteiger partial charge in [-0.05, 0) is 36.2 Å². The third-order valence-corrected chi connectivity index (χ3v) is 6.22. The number of halogens is 2. The van der Waals surface area contributed by atoms with Crippen molar-refractivity contribution in [2.75, 3.05) is 0 Å². The van der Waals surface area contributed by atoms with Gasteiger partial charge in [0.15, 0.2) is 5.15 Å². The van der Waals surface area contributed by atoms with Gasteiger partial charge in [0.05, 0.1) is 34.1 Å². The predicted octanol–water partition coefficient (Wildman–Crippen LogP) is 5.99. The summed E-state index contributed by atoms with van der Waals surface area (Å²) in [6, 6.07) is 14.2.